The molecule has 0 radical (unpaired) electrons. The summed E-state index contributed by atoms with van der Waals surface area (Å²) >= 11 is 0. The largest absolute Gasteiger partial charge is 0.485 e. The smallest absolute Gasteiger partial charge is 0.267 e. The van der Waals surface area contributed by atoms with Crippen molar-refractivity contribution in [2.24, 2.45) is 0 Å². The molecule has 0 bridgehead atoms. The number of hydrogen-bond donors (Lipinski definition) is 0. The zero-order valence-corrected chi connectivity index (χ0v) is 18.5. The molecule has 0 aliphatic rings. The highest BCUT2D eigenvalue weighted by atomic mass is 19.2. The Morgan fingerprint density at radius 2 is 1.74 bits per heavy atom. The number of para-hydroxylation sites is 1. The second-order valence-electron chi connectivity index (χ2n) is 7.90. The normalized spacial score (nSPS) is 11.2. The second-order valence-corrected chi connectivity index (χ2v) is 7.90. The minimum absolute atomic E-state index is 0.00573. The van der Waals surface area contributed by atoms with Crippen molar-refractivity contribution in [3.05, 3.63) is 112 Å². The van der Waals surface area contributed by atoms with Gasteiger partial charge in [-0.2, -0.15) is 5.10 Å². The number of benzene rings is 2. The average Bonchev–Trinajstić information content (AvgIpc) is 3.21. The Morgan fingerprint density at radius 1 is 0.941 bits per heavy atom. The van der Waals surface area contributed by atoms with E-state index in [1.807, 2.05) is 43.3 Å². The summed E-state index contributed by atoms with van der Waals surface area (Å²) in [5, 5.41) is 4.66. The first-order chi connectivity index (χ1) is 16.4. The number of ether oxygens (including phenoxy) is 1. The molecule has 34 heavy (non-hydrogen) atoms. The predicted octanol–water partition coefficient (Wildman–Crippen LogP) is 5.02. The van der Waals surface area contributed by atoms with Crippen LogP contribution in [0.15, 0.2) is 77.7 Å². The number of rotatable bonds is 5. The molecule has 6 nitrogen and oxygen atoms in total. The van der Waals surface area contributed by atoms with Crippen molar-refractivity contribution in [1.82, 2.24) is 19.2 Å². The molecule has 0 atom stereocenters. The first-order valence-corrected chi connectivity index (χ1v) is 10.6. The van der Waals surface area contributed by atoms with Crippen LogP contribution in [0.25, 0.3) is 22.6 Å². The topological polar surface area (TPSA) is 61.4 Å². The molecule has 3 aromatic heterocycles. The summed E-state index contributed by atoms with van der Waals surface area (Å²) in [6.45, 7) is 3.67. The summed E-state index contributed by atoms with van der Waals surface area (Å²) in [5.74, 6) is -1.51. The first kappa shape index (κ1) is 21.5. The lowest BCUT2D eigenvalue weighted by Gasteiger charge is -2.12. The van der Waals surface area contributed by atoms with E-state index in [1.54, 1.807) is 29.9 Å². The highest BCUT2D eigenvalue weighted by Crippen LogP contribution is 2.24. The van der Waals surface area contributed by atoms with Crippen molar-refractivity contribution < 1.29 is 13.5 Å². The molecule has 5 rings (SSSR count). The van der Waals surface area contributed by atoms with Crippen molar-refractivity contribution >= 4 is 5.65 Å². The van der Waals surface area contributed by atoms with Crippen LogP contribution in [0, 0.1) is 25.5 Å². The van der Waals surface area contributed by atoms with Crippen LogP contribution in [-0.2, 0) is 6.61 Å². The lowest BCUT2D eigenvalue weighted by Crippen LogP contribution is -2.19. The number of fused-ring (bicyclic) bond motifs is 1. The van der Waals surface area contributed by atoms with E-state index in [0.29, 0.717) is 33.9 Å². The number of halogens is 2. The number of nitrogens with zero attached hydrogens (tertiary/aromatic N) is 4. The summed E-state index contributed by atoms with van der Waals surface area (Å²) in [6, 6.07) is 18.4. The third kappa shape index (κ3) is 3.83. The fourth-order valence-corrected chi connectivity index (χ4v) is 3.87. The first-order valence-electron chi connectivity index (χ1n) is 10.6. The molecule has 170 valence electrons. The Kier molecular flexibility index (Phi) is 5.41. The van der Waals surface area contributed by atoms with Gasteiger partial charge in [0.05, 0.1) is 16.9 Å². The van der Waals surface area contributed by atoms with Crippen molar-refractivity contribution in [3.8, 4) is 22.7 Å². The molecular weight excluding hydrogens is 438 g/mol. The molecule has 0 spiro atoms. The fourth-order valence-electron chi connectivity index (χ4n) is 3.87. The van der Waals surface area contributed by atoms with Gasteiger partial charge in [-0.15, -0.1) is 0 Å². The van der Waals surface area contributed by atoms with Gasteiger partial charge in [0.1, 0.15) is 12.3 Å². The average molecular weight is 458 g/mol. The molecule has 0 amide bonds. The third-order valence-electron chi connectivity index (χ3n) is 5.52. The fraction of sp³-hybridized carbons (Fsp3) is 0.115. The molecule has 3 heterocycles. The molecule has 0 N–H and O–H groups in total. The quantitative estimate of drug-likeness (QED) is 0.371. The van der Waals surface area contributed by atoms with Crippen LogP contribution in [0.1, 0.15) is 17.0 Å². The lowest BCUT2D eigenvalue weighted by molar-refractivity contribution is 0.306. The van der Waals surface area contributed by atoms with Gasteiger partial charge in [0.15, 0.2) is 23.0 Å². The Hall–Kier alpha value is -4.33. The van der Waals surface area contributed by atoms with Crippen molar-refractivity contribution in [3.63, 3.8) is 0 Å². The molecule has 0 aliphatic carbocycles. The van der Waals surface area contributed by atoms with Crippen LogP contribution >= 0.6 is 0 Å². The van der Waals surface area contributed by atoms with Gasteiger partial charge in [0.25, 0.3) is 5.56 Å². The maximum absolute atomic E-state index is 13.5. The molecule has 5 aromatic rings. The summed E-state index contributed by atoms with van der Waals surface area (Å²) in [7, 11) is 0. The summed E-state index contributed by atoms with van der Waals surface area (Å²) in [5.41, 5.74) is 3.71. The Bertz CT molecular complexity index is 1580. The van der Waals surface area contributed by atoms with Crippen LogP contribution < -0.4 is 10.3 Å². The number of aromatic nitrogens is 4. The van der Waals surface area contributed by atoms with Crippen LogP contribution in [0.5, 0.6) is 5.75 Å². The van der Waals surface area contributed by atoms with E-state index < -0.39 is 11.6 Å². The van der Waals surface area contributed by atoms with Crippen LogP contribution in [0.2, 0.25) is 0 Å². The van der Waals surface area contributed by atoms with E-state index in [1.165, 1.54) is 10.5 Å². The van der Waals surface area contributed by atoms with E-state index in [9.17, 15) is 13.6 Å². The third-order valence-corrected chi connectivity index (χ3v) is 5.52. The van der Waals surface area contributed by atoms with Gasteiger partial charge in [0, 0.05) is 11.9 Å². The Balaban J connectivity index is 1.54. The van der Waals surface area contributed by atoms with Gasteiger partial charge < -0.3 is 4.74 Å². The molecule has 2 aromatic carbocycles. The molecule has 0 aliphatic heterocycles. The van der Waals surface area contributed by atoms with Gasteiger partial charge in [0.2, 0.25) is 0 Å². The van der Waals surface area contributed by atoms with E-state index >= 15 is 0 Å². The molecule has 8 heteroatoms. The van der Waals surface area contributed by atoms with Gasteiger partial charge in [-0.25, -0.2) is 18.4 Å². The predicted molar refractivity (Wildman–Crippen MR) is 124 cm³/mol. The molecule has 0 fully saturated rings. The maximum atomic E-state index is 13.5. The standard InChI is InChI=1S/C26H20F2N4O2/c1-16-13-22(30-32(16)19-7-4-3-5-8-19)24-17(2)29-25-23(9-6-12-31(25)26(24)33)34-15-18-10-11-20(27)21(28)14-18/h3-14H,15H2,1-2H3. The van der Waals surface area contributed by atoms with E-state index in [4.69, 9.17) is 4.74 Å². The van der Waals surface area contributed by atoms with E-state index in [-0.39, 0.29) is 12.2 Å². The van der Waals surface area contributed by atoms with Gasteiger partial charge in [-0.1, -0.05) is 24.3 Å². The lowest BCUT2D eigenvalue weighted by atomic mass is 10.1. The zero-order valence-electron chi connectivity index (χ0n) is 18.5. The highest BCUT2D eigenvalue weighted by molar-refractivity contribution is 5.65. The SMILES string of the molecule is Cc1nc2c(OCc3ccc(F)c(F)c3)cccn2c(=O)c1-c1cc(C)n(-c2ccccc2)n1. The number of aryl methyl sites for hydroxylation is 2. The Morgan fingerprint density at radius 3 is 2.50 bits per heavy atom. The number of pyridine rings is 1. The zero-order chi connectivity index (χ0) is 23.8. The second kappa shape index (κ2) is 8.55. The van der Waals surface area contributed by atoms with Gasteiger partial charge in [-0.05, 0) is 61.9 Å². The number of hydrogen-bond acceptors (Lipinski definition) is 4. The van der Waals surface area contributed by atoms with Crippen molar-refractivity contribution in [2.75, 3.05) is 0 Å². The minimum Gasteiger partial charge on any atom is -0.485 e. The van der Waals surface area contributed by atoms with Crippen LogP contribution in [0.4, 0.5) is 8.78 Å². The minimum atomic E-state index is -0.945. The van der Waals surface area contributed by atoms with Gasteiger partial charge in [-0.3, -0.25) is 9.20 Å². The molecular formula is C26H20F2N4O2. The van der Waals surface area contributed by atoms with Gasteiger partial charge >= 0.3 is 0 Å². The summed E-state index contributed by atoms with van der Waals surface area (Å²) in [4.78, 5) is 18.1. The monoisotopic (exact) mass is 458 g/mol. The van der Waals surface area contributed by atoms with Crippen molar-refractivity contribution in [2.45, 2.75) is 20.5 Å². The van der Waals surface area contributed by atoms with Crippen LogP contribution in [0.3, 0.4) is 0 Å². The summed E-state index contributed by atoms with van der Waals surface area (Å²) in [6.07, 6.45) is 1.61. The summed E-state index contributed by atoms with van der Waals surface area (Å²) < 4.78 is 35.7. The van der Waals surface area contributed by atoms with Crippen molar-refractivity contribution in [1.29, 1.82) is 0 Å². The Labute approximate surface area is 193 Å². The molecule has 0 saturated heterocycles. The maximum Gasteiger partial charge on any atom is 0.267 e. The van der Waals surface area contributed by atoms with E-state index in [2.05, 4.69) is 10.1 Å². The molecule has 0 saturated carbocycles. The van der Waals surface area contributed by atoms with Crippen LogP contribution in [-0.4, -0.2) is 19.2 Å². The highest BCUT2D eigenvalue weighted by Gasteiger charge is 2.18. The molecule has 0 unspecified atom stereocenters. The van der Waals surface area contributed by atoms with E-state index in [0.717, 1.165) is 23.5 Å².